The van der Waals surface area contributed by atoms with Crippen LogP contribution in [0, 0.1) is 0 Å². The summed E-state index contributed by atoms with van der Waals surface area (Å²) in [5.74, 6) is -0.361. The topological polar surface area (TPSA) is 61.4 Å². The van der Waals surface area contributed by atoms with Crippen LogP contribution in [0.4, 0.5) is 17.1 Å². The standard InChI is InChI=1S/C23H20N2O2/c1-3-16(17-13-14-24-19-12-8-7-11-18(17)19)20-22(26)21(23(20)27)25(2)15-9-5-4-6-10-15/h4-14,24H,3H2,1-2H3. The minimum absolute atomic E-state index is 0.180. The maximum atomic E-state index is 12.9. The van der Waals surface area contributed by atoms with Gasteiger partial charge in [0.1, 0.15) is 17.1 Å². The van der Waals surface area contributed by atoms with Crippen molar-refractivity contribution in [2.45, 2.75) is 13.3 Å². The van der Waals surface area contributed by atoms with Crippen molar-refractivity contribution < 1.29 is 10.2 Å². The third-order valence-corrected chi connectivity index (χ3v) is 5.05. The van der Waals surface area contributed by atoms with Crippen LogP contribution in [0.1, 0.15) is 24.5 Å². The molecule has 0 fully saturated rings. The highest BCUT2D eigenvalue weighted by Crippen LogP contribution is 2.53. The van der Waals surface area contributed by atoms with E-state index in [1.165, 1.54) is 0 Å². The monoisotopic (exact) mass is 356 g/mol. The fourth-order valence-electron chi connectivity index (χ4n) is 3.65. The van der Waals surface area contributed by atoms with Gasteiger partial charge < -0.3 is 15.5 Å². The van der Waals surface area contributed by atoms with Crippen LogP contribution >= 0.6 is 0 Å². The van der Waals surface area contributed by atoms with Crippen molar-refractivity contribution in [1.82, 2.24) is 0 Å². The van der Waals surface area contributed by atoms with E-state index in [1.54, 1.807) is 11.9 Å². The van der Waals surface area contributed by atoms with Gasteiger partial charge in [-0.05, 0) is 24.3 Å². The molecule has 4 nitrogen and oxygen atoms in total. The van der Waals surface area contributed by atoms with E-state index < -0.39 is 0 Å². The van der Waals surface area contributed by atoms with Crippen LogP contribution in [0.25, 0.3) is 11.1 Å². The van der Waals surface area contributed by atoms with Crippen LogP contribution in [0.5, 0.6) is 11.5 Å². The molecule has 0 atom stereocenters. The molecule has 134 valence electrons. The molecule has 1 N–H and O–H groups in total. The molecule has 0 unspecified atom stereocenters. The molecule has 0 saturated carbocycles. The Morgan fingerprint density at radius 1 is 1.07 bits per heavy atom. The van der Waals surface area contributed by atoms with Crippen molar-refractivity contribution in [3.63, 3.8) is 0 Å². The number of rotatable bonds is 4. The highest BCUT2D eigenvalue weighted by Gasteiger charge is 2.35. The molecule has 0 amide bonds. The predicted molar refractivity (Wildman–Crippen MR) is 107 cm³/mol. The molecule has 4 rings (SSSR count). The Kier molecular flexibility index (Phi) is 4.24. The second-order valence-electron chi connectivity index (χ2n) is 6.55. The summed E-state index contributed by atoms with van der Waals surface area (Å²) >= 11 is 0. The van der Waals surface area contributed by atoms with Crippen molar-refractivity contribution in [3.8, 4) is 11.5 Å². The first-order chi connectivity index (χ1) is 13.1. The SMILES string of the molecule is CCC(=C1C=CNc2ccccc21)[c+]1c([O-])c(N(C)c2ccccc2)[c+]1[O-]. The van der Waals surface area contributed by atoms with Gasteiger partial charge in [0.2, 0.25) is 0 Å². The summed E-state index contributed by atoms with van der Waals surface area (Å²) < 4.78 is 0. The second-order valence-corrected chi connectivity index (χ2v) is 6.55. The quantitative estimate of drug-likeness (QED) is 0.708. The number of hydrogen-bond donors (Lipinski definition) is 1. The number of anilines is 3. The number of benzene rings is 2. The van der Waals surface area contributed by atoms with E-state index in [2.05, 4.69) is 5.32 Å². The third-order valence-electron chi connectivity index (χ3n) is 5.05. The molecule has 0 saturated heterocycles. The summed E-state index contributed by atoms with van der Waals surface area (Å²) in [6.07, 6.45) is 4.40. The zero-order valence-electron chi connectivity index (χ0n) is 15.3. The summed E-state index contributed by atoms with van der Waals surface area (Å²) in [5.41, 5.74) is 5.10. The minimum Gasteiger partial charge on any atom is -0.811 e. The van der Waals surface area contributed by atoms with Crippen molar-refractivity contribution in [1.29, 1.82) is 0 Å². The molecule has 0 radical (unpaired) electrons. The lowest BCUT2D eigenvalue weighted by atomic mass is 9.87. The molecular formula is C23H20N2O2. The molecule has 0 spiro atoms. The number of nitrogens with one attached hydrogen (secondary N) is 1. The molecule has 1 aliphatic heterocycles. The average Bonchev–Trinajstić information content (AvgIpc) is 2.72. The van der Waals surface area contributed by atoms with E-state index in [-0.39, 0.29) is 17.2 Å². The summed E-state index contributed by atoms with van der Waals surface area (Å²) in [5, 5.41) is 29.1. The van der Waals surface area contributed by atoms with Crippen LogP contribution in [0.2, 0.25) is 0 Å². The van der Waals surface area contributed by atoms with Gasteiger partial charge in [-0.3, -0.25) is 4.90 Å². The first-order valence-corrected chi connectivity index (χ1v) is 9.01. The van der Waals surface area contributed by atoms with Crippen LogP contribution in [-0.2, 0) is 0 Å². The average molecular weight is 356 g/mol. The van der Waals surface area contributed by atoms with Crippen molar-refractivity contribution in [2.75, 3.05) is 17.3 Å². The van der Waals surface area contributed by atoms with Crippen LogP contribution in [0.3, 0.4) is 0 Å². The van der Waals surface area contributed by atoms with Gasteiger partial charge in [-0.1, -0.05) is 37.3 Å². The molecule has 1 aliphatic rings. The lowest BCUT2D eigenvalue weighted by molar-refractivity contribution is -0.290. The molecule has 27 heavy (non-hydrogen) atoms. The summed E-state index contributed by atoms with van der Waals surface area (Å²) in [6.45, 7) is 1.98. The van der Waals surface area contributed by atoms with E-state index in [4.69, 9.17) is 0 Å². The van der Waals surface area contributed by atoms with Gasteiger partial charge >= 0.3 is 0 Å². The highest BCUT2D eigenvalue weighted by atomic mass is 16.3. The minimum atomic E-state index is -0.180. The van der Waals surface area contributed by atoms with Gasteiger partial charge in [-0.25, -0.2) is 0 Å². The first kappa shape index (κ1) is 17.0. The lowest BCUT2D eigenvalue weighted by Crippen LogP contribution is -2.21. The molecule has 3 aromatic rings. The highest BCUT2D eigenvalue weighted by molar-refractivity contribution is 6.06. The molecule has 3 aromatic carbocycles. The summed E-state index contributed by atoms with van der Waals surface area (Å²) in [6, 6.07) is 17.4. The van der Waals surface area contributed by atoms with Gasteiger partial charge in [0, 0.05) is 25.7 Å². The third kappa shape index (κ3) is 2.70. The van der Waals surface area contributed by atoms with Crippen molar-refractivity contribution >= 4 is 28.2 Å². The van der Waals surface area contributed by atoms with Crippen molar-refractivity contribution in [2.24, 2.45) is 0 Å². The van der Waals surface area contributed by atoms with Gasteiger partial charge in [0.15, 0.2) is 11.3 Å². The molecule has 4 heteroatoms. The van der Waals surface area contributed by atoms with E-state index in [0.717, 1.165) is 28.1 Å². The van der Waals surface area contributed by atoms with Gasteiger partial charge in [-0.2, -0.15) is 0 Å². The van der Waals surface area contributed by atoms with Gasteiger partial charge in [0.05, 0.1) is 22.5 Å². The Morgan fingerprint density at radius 2 is 1.78 bits per heavy atom. The van der Waals surface area contributed by atoms with Gasteiger partial charge in [0.25, 0.3) is 0 Å². The normalized spacial score (nSPS) is 14.6. The van der Waals surface area contributed by atoms with E-state index in [1.807, 2.05) is 73.8 Å². The smallest absolute Gasteiger partial charge is 0.198 e. The van der Waals surface area contributed by atoms with Crippen molar-refractivity contribution in [3.05, 3.63) is 78.0 Å². The Balaban J connectivity index is 1.80. The zero-order valence-corrected chi connectivity index (χ0v) is 15.3. The number of hydrogen-bond acceptors (Lipinski definition) is 4. The number of fused-ring (bicyclic) bond motifs is 1. The maximum Gasteiger partial charge on any atom is 0.198 e. The predicted octanol–water partition coefficient (Wildman–Crippen LogP) is 4.30. The molecule has 0 aliphatic carbocycles. The van der Waals surface area contributed by atoms with E-state index in [9.17, 15) is 10.2 Å². The Hall–Kier alpha value is -3.40. The number of allylic oxidation sites excluding steroid dienone is 3. The summed E-state index contributed by atoms with van der Waals surface area (Å²) in [7, 11) is 1.76. The number of nitrogens with zero attached hydrogens (tertiary/aromatic N) is 1. The Morgan fingerprint density at radius 3 is 2.48 bits per heavy atom. The first-order valence-electron chi connectivity index (χ1n) is 9.01. The molecule has 0 bridgehead atoms. The molecular weight excluding hydrogens is 336 g/mol. The second kappa shape index (κ2) is 6.72. The maximum absolute atomic E-state index is 12.9. The van der Waals surface area contributed by atoms with Gasteiger partial charge in [-0.15, -0.1) is 0 Å². The zero-order chi connectivity index (χ0) is 19.0. The Bertz CT molecular complexity index is 1000. The summed E-state index contributed by atoms with van der Waals surface area (Å²) in [4.78, 5) is 1.68. The van der Waals surface area contributed by atoms with E-state index in [0.29, 0.717) is 12.0 Å². The lowest BCUT2D eigenvalue weighted by Gasteiger charge is -2.28. The van der Waals surface area contributed by atoms with Crippen LogP contribution in [0.15, 0.2) is 66.9 Å². The van der Waals surface area contributed by atoms with Crippen LogP contribution < -0.4 is 20.4 Å². The Labute approximate surface area is 159 Å². The molecule has 0 aromatic heterocycles. The largest absolute Gasteiger partial charge is 0.811 e. The number of para-hydroxylation sites is 2. The molecule has 1 heterocycles. The van der Waals surface area contributed by atoms with Crippen LogP contribution in [-0.4, -0.2) is 7.05 Å². The fraction of sp³-hybridized carbons (Fsp3) is 0.130. The fourth-order valence-corrected chi connectivity index (χ4v) is 3.65. The van der Waals surface area contributed by atoms with E-state index >= 15 is 0 Å².